The van der Waals surface area contributed by atoms with Crippen LogP contribution in [0, 0.1) is 5.92 Å². The van der Waals surface area contributed by atoms with Crippen LogP contribution in [-0.4, -0.2) is 46.1 Å². The summed E-state index contributed by atoms with van der Waals surface area (Å²) in [4.78, 5) is 5.98. The molecule has 1 N–H and O–H groups in total. The molecule has 1 aliphatic heterocycles. The zero-order chi connectivity index (χ0) is 15.3. The van der Waals surface area contributed by atoms with Gasteiger partial charge in [-0.05, 0) is 49.4 Å². The van der Waals surface area contributed by atoms with Gasteiger partial charge in [-0.3, -0.25) is 0 Å². The molecule has 1 saturated heterocycles. The number of likely N-dealkylation sites (N-methyl/N-ethyl adjacent to an activating group) is 1. The highest BCUT2D eigenvalue weighted by Crippen LogP contribution is 2.44. The minimum atomic E-state index is -0.670. The number of piperidine rings is 1. The maximum Gasteiger partial charge on any atom is 0.105 e. The number of likely N-dealkylation sites (tertiary alicyclic amines) is 1. The first kappa shape index (κ1) is 14.6. The van der Waals surface area contributed by atoms with E-state index in [4.69, 9.17) is 0 Å². The maximum atomic E-state index is 11.4. The van der Waals surface area contributed by atoms with Gasteiger partial charge in [0, 0.05) is 35.6 Å². The molecular formula is C18H24N2OS. The highest BCUT2D eigenvalue weighted by molar-refractivity contribution is 7.90. The number of nitrogens with zero attached hydrogens (tertiary/aromatic N) is 1. The molecule has 22 heavy (non-hydrogen) atoms. The SMILES string of the molecule is CN1CC(CC[S+](C)[O-])CC2c3cccc4[nH]cc(c34)C[C@H]21. The molecular weight excluding hydrogens is 292 g/mol. The van der Waals surface area contributed by atoms with Gasteiger partial charge in [-0.1, -0.05) is 23.3 Å². The van der Waals surface area contributed by atoms with E-state index in [1.165, 1.54) is 28.5 Å². The van der Waals surface area contributed by atoms with Crippen LogP contribution in [0.15, 0.2) is 24.4 Å². The zero-order valence-corrected chi connectivity index (χ0v) is 14.2. The lowest BCUT2D eigenvalue weighted by molar-refractivity contribution is 0.110. The van der Waals surface area contributed by atoms with Gasteiger partial charge >= 0.3 is 0 Å². The highest BCUT2D eigenvalue weighted by Gasteiger charge is 2.39. The summed E-state index contributed by atoms with van der Waals surface area (Å²) in [6.07, 6.45) is 7.51. The van der Waals surface area contributed by atoms with Crippen molar-refractivity contribution in [3.63, 3.8) is 0 Å². The number of hydrogen-bond donors (Lipinski definition) is 1. The van der Waals surface area contributed by atoms with E-state index in [1.807, 2.05) is 6.26 Å². The van der Waals surface area contributed by atoms with Gasteiger partial charge in [0.2, 0.25) is 0 Å². The Balaban J connectivity index is 1.66. The van der Waals surface area contributed by atoms with Gasteiger partial charge in [0.15, 0.2) is 0 Å². The van der Waals surface area contributed by atoms with Gasteiger partial charge in [-0.15, -0.1) is 0 Å². The molecule has 4 heteroatoms. The zero-order valence-electron chi connectivity index (χ0n) is 13.3. The monoisotopic (exact) mass is 316 g/mol. The fourth-order valence-corrected chi connectivity index (χ4v) is 5.26. The molecule has 3 unspecified atom stereocenters. The molecule has 0 saturated carbocycles. The smallest absolute Gasteiger partial charge is 0.105 e. The Morgan fingerprint density at radius 3 is 3.09 bits per heavy atom. The second kappa shape index (κ2) is 5.59. The molecule has 1 aromatic heterocycles. The molecule has 2 aliphatic rings. The normalized spacial score (nSPS) is 29.5. The van der Waals surface area contributed by atoms with Crippen LogP contribution in [0.5, 0.6) is 0 Å². The van der Waals surface area contributed by atoms with E-state index >= 15 is 0 Å². The van der Waals surface area contributed by atoms with Gasteiger partial charge in [0.25, 0.3) is 0 Å². The average molecular weight is 316 g/mol. The number of H-pyrrole nitrogens is 1. The largest absolute Gasteiger partial charge is 0.617 e. The Hall–Kier alpha value is -0.970. The lowest BCUT2D eigenvalue weighted by atomic mass is 9.72. The minimum Gasteiger partial charge on any atom is -0.617 e. The Labute approximate surface area is 135 Å². The van der Waals surface area contributed by atoms with E-state index in [0.29, 0.717) is 17.9 Å². The highest BCUT2D eigenvalue weighted by atomic mass is 32.2. The number of nitrogens with one attached hydrogen (secondary N) is 1. The van der Waals surface area contributed by atoms with Crippen molar-refractivity contribution < 1.29 is 4.55 Å². The van der Waals surface area contributed by atoms with Crippen LogP contribution in [0.25, 0.3) is 10.9 Å². The Kier molecular flexibility index (Phi) is 3.71. The molecule has 3 nitrogen and oxygen atoms in total. The molecule has 0 amide bonds. The third-order valence-electron chi connectivity index (χ3n) is 5.63. The molecule has 4 atom stereocenters. The van der Waals surface area contributed by atoms with Gasteiger partial charge < -0.3 is 14.4 Å². The van der Waals surface area contributed by atoms with Gasteiger partial charge in [-0.25, -0.2) is 0 Å². The van der Waals surface area contributed by atoms with Gasteiger partial charge in [-0.2, -0.15) is 0 Å². The van der Waals surface area contributed by atoms with Crippen molar-refractivity contribution in [1.29, 1.82) is 0 Å². The van der Waals surface area contributed by atoms with E-state index in [-0.39, 0.29) is 0 Å². The molecule has 0 spiro atoms. The van der Waals surface area contributed by atoms with Crippen LogP contribution in [0.1, 0.15) is 29.9 Å². The van der Waals surface area contributed by atoms with Gasteiger partial charge in [0.05, 0.1) is 6.26 Å². The van der Waals surface area contributed by atoms with E-state index in [9.17, 15) is 4.55 Å². The third-order valence-corrected chi connectivity index (χ3v) is 6.44. The number of benzene rings is 1. The molecule has 1 fully saturated rings. The lowest BCUT2D eigenvalue weighted by Crippen LogP contribution is -2.48. The fraction of sp³-hybridized carbons (Fsp3) is 0.556. The van der Waals surface area contributed by atoms with Crippen LogP contribution in [0.4, 0.5) is 0 Å². The molecule has 0 radical (unpaired) electrons. The van der Waals surface area contributed by atoms with Crippen molar-refractivity contribution in [3.05, 3.63) is 35.5 Å². The second-order valence-electron chi connectivity index (χ2n) is 7.07. The van der Waals surface area contributed by atoms with E-state index in [0.717, 1.165) is 25.1 Å². The average Bonchev–Trinajstić information content (AvgIpc) is 2.91. The first-order valence-electron chi connectivity index (χ1n) is 8.22. The number of fused-ring (bicyclic) bond motifs is 2. The van der Waals surface area contributed by atoms with Crippen molar-refractivity contribution in [2.75, 3.05) is 25.6 Å². The molecule has 1 aliphatic carbocycles. The summed E-state index contributed by atoms with van der Waals surface area (Å²) in [5, 5.41) is 1.47. The molecule has 2 aromatic rings. The Morgan fingerprint density at radius 2 is 2.27 bits per heavy atom. The third kappa shape index (κ3) is 2.38. The summed E-state index contributed by atoms with van der Waals surface area (Å²) in [6, 6.07) is 7.32. The number of aromatic amines is 1. The molecule has 0 bridgehead atoms. The van der Waals surface area contributed by atoms with E-state index < -0.39 is 11.2 Å². The van der Waals surface area contributed by atoms with Crippen molar-refractivity contribution in [2.45, 2.75) is 31.2 Å². The Morgan fingerprint density at radius 1 is 1.41 bits per heavy atom. The van der Waals surface area contributed by atoms with E-state index in [1.54, 1.807) is 0 Å². The summed E-state index contributed by atoms with van der Waals surface area (Å²) in [6.45, 7) is 1.15. The predicted octanol–water partition coefficient (Wildman–Crippen LogP) is 2.90. The summed E-state index contributed by atoms with van der Waals surface area (Å²) >= 11 is -0.670. The van der Waals surface area contributed by atoms with Crippen LogP contribution < -0.4 is 0 Å². The standard InChI is InChI=1S/C18H24N2OS/c1-20-11-12(6-7-22(2)21)8-15-14-4-3-5-16-18(14)13(10-19-16)9-17(15)20/h3-5,10,12,15,17,19H,6-9,11H2,1-2H3/t12?,15?,17-,22?/m1/s1. The predicted molar refractivity (Wildman–Crippen MR) is 92.8 cm³/mol. The van der Waals surface area contributed by atoms with Gasteiger partial charge in [0.1, 0.15) is 5.75 Å². The van der Waals surface area contributed by atoms with Crippen LogP contribution in [0.3, 0.4) is 0 Å². The quantitative estimate of drug-likeness (QED) is 0.885. The fourth-order valence-electron chi connectivity index (χ4n) is 4.60. The Bertz CT molecular complexity index is 681. The van der Waals surface area contributed by atoms with Crippen LogP contribution >= 0.6 is 0 Å². The number of rotatable bonds is 3. The molecule has 118 valence electrons. The van der Waals surface area contributed by atoms with Crippen molar-refractivity contribution in [1.82, 2.24) is 9.88 Å². The van der Waals surface area contributed by atoms with Crippen molar-refractivity contribution >= 4 is 22.1 Å². The second-order valence-corrected chi connectivity index (χ2v) is 8.62. The topological polar surface area (TPSA) is 42.1 Å². The first-order valence-corrected chi connectivity index (χ1v) is 9.95. The van der Waals surface area contributed by atoms with Crippen LogP contribution in [-0.2, 0) is 17.6 Å². The first-order chi connectivity index (χ1) is 10.6. The summed E-state index contributed by atoms with van der Waals surface area (Å²) < 4.78 is 11.4. The number of aromatic nitrogens is 1. The summed E-state index contributed by atoms with van der Waals surface area (Å²) in [5.74, 6) is 2.14. The summed E-state index contributed by atoms with van der Waals surface area (Å²) in [5.41, 5.74) is 4.29. The summed E-state index contributed by atoms with van der Waals surface area (Å²) in [7, 11) is 2.27. The molecule has 1 aromatic carbocycles. The molecule has 4 rings (SSSR count). The maximum absolute atomic E-state index is 11.4. The molecule has 2 heterocycles. The lowest BCUT2D eigenvalue weighted by Gasteiger charge is -2.45. The van der Waals surface area contributed by atoms with Crippen molar-refractivity contribution in [2.24, 2.45) is 5.92 Å². The van der Waals surface area contributed by atoms with Crippen LogP contribution in [0.2, 0.25) is 0 Å². The number of hydrogen-bond acceptors (Lipinski definition) is 2. The van der Waals surface area contributed by atoms with Crippen molar-refractivity contribution in [3.8, 4) is 0 Å². The minimum absolute atomic E-state index is 0.622. The van der Waals surface area contributed by atoms with E-state index in [2.05, 4.69) is 41.3 Å².